The molecular formula is C16H28N2O2. The van der Waals surface area contributed by atoms with E-state index in [0.29, 0.717) is 25.9 Å². The normalized spacial score (nSPS) is 30.6. The molecule has 1 aromatic heterocycles. The Bertz CT molecular complexity index is 457. The minimum atomic E-state index is -0.666. The van der Waals surface area contributed by atoms with Crippen molar-refractivity contribution in [3.05, 3.63) is 17.5 Å². The molecule has 20 heavy (non-hydrogen) atoms. The van der Waals surface area contributed by atoms with Crippen molar-refractivity contribution in [2.75, 3.05) is 6.61 Å². The molecule has 2 heterocycles. The zero-order valence-electron chi connectivity index (χ0n) is 13.3. The molecule has 0 spiro atoms. The van der Waals surface area contributed by atoms with Crippen LogP contribution in [0.1, 0.15) is 58.3 Å². The molecule has 114 valence electrons. The van der Waals surface area contributed by atoms with Crippen LogP contribution in [0.3, 0.4) is 0 Å². The van der Waals surface area contributed by atoms with E-state index < -0.39 is 5.60 Å². The first-order valence-corrected chi connectivity index (χ1v) is 7.85. The molecule has 0 aromatic carbocycles. The minimum absolute atomic E-state index is 0.197. The predicted molar refractivity (Wildman–Crippen MR) is 79.8 cm³/mol. The molecule has 1 fully saturated rings. The Hall–Kier alpha value is -0.870. The maximum Gasteiger partial charge on any atom is 0.0752 e. The van der Waals surface area contributed by atoms with Gasteiger partial charge in [0, 0.05) is 25.1 Å². The van der Waals surface area contributed by atoms with E-state index in [-0.39, 0.29) is 5.60 Å². The van der Waals surface area contributed by atoms with Crippen LogP contribution in [0.5, 0.6) is 0 Å². The Kier molecular flexibility index (Phi) is 4.55. The molecule has 1 N–H and O–H groups in total. The third-order valence-corrected chi connectivity index (χ3v) is 4.55. The van der Waals surface area contributed by atoms with Gasteiger partial charge in [0.15, 0.2) is 0 Å². The SMILES string of the molecule is CCc1cc(CC2(O)CCOC(C)(CC)C2)n(CC)n1. The second-order valence-electron chi connectivity index (χ2n) is 6.28. The number of hydrogen-bond acceptors (Lipinski definition) is 3. The highest BCUT2D eigenvalue weighted by molar-refractivity contribution is 5.14. The summed E-state index contributed by atoms with van der Waals surface area (Å²) >= 11 is 0. The summed E-state index contributed by atoms with van der Waals surface area (Å²) < 4.78 is 7.87. The lowest BCUT2D eigenvalue weighted by molar-refractivity contribution is -0.153. The van der Waals surface area contributed by atoms with Gasteiger partial charge in [-0.1, -0.05) is 13.8 Å². The van der Waals surface area contributed by atoms with E-state index >= 15 is 0 Å². The van der Waals surface area contributed by atoms with Crippen LogP contribution < -0.4 is 0 Å². The van der Waals surface area contributed by atoms with Gasteiger partial charge >= 0.3 is 0 Å². The molecule has 4 heteroatoms. The molecule has 0 aliphatic carbocycles. The van der Waals surface area contributed by atoms with Gasteiger partial charge in [0.05, 0.1) is 23.5 Å². The van der Waals surface area contributed by atoms with Gasteiger partial charge < -0.3 is 9.84 Å². The van der Waals surface area contributed by atoms with Gasteiger partial charge in [-0.05, 0) is 39.2 Å². The zero-order chi connectivity index (χ0) is 14.8. The first kappa shape index (κ1) is 15.5. The van der Waals surface area contributed by atoms with E-state index in [9.17, 15) is 5.11 Å². The van der Waals surface area contributed by atoms with Crippen molar-refractivity contribution in [1.82, 2.24) is 9.78 Å². The minimum Gasteiger partial charge on any atom is -0.389 e. The standard InChI is InChI=1S/C16H28N2O2/c1-5-13-10-14(18(7-3)17-13)11-16(19)8-9-20-15(4,6-2)12-16/h10,19H,5-9,11-12H2,1-4H3. The molecule has 2 rings (SSSR count). The number of nitrogens with zero attached hydrogens (tertiary/aromatic N) is 2. The number of aromatic nitrogens is 2. The van der Waals surface area contributed by atoms with Gasteiger partial charge in [0.1, 0.15) is 0 Å². The Labute approximate surface area is 122 Å². The highest BCUT2D eigenvalue weighted by Gasteiger charge is 2.41. The zero-order valence-corrected chi connectivity index (χ0v) is 13.3. The maximum atomic E-state index is 11.0. The van der Waals surface area contributed by atoms with Gasteiger partial charge in [0.25, 0.3) is 0 Å². The first-order chi connectivity index (χ1) is 9.43. The monoisotopic (exact) mass is 280 g/mol. The summed E-state index contributed by atoms with van der Waals surface area (Å²) in [5, 5.41) is 15.5. The molecule has 1 aliphatic heterocycles. The second-order valence-corrected chi connectivity index (χ2v) is 6.28. The molecule has 1 saturated heterocycles. The van der Waals surface area contributed by atoms with Crippen LogP contribution in [0.4, 0.5) is 0 Å². The van der Waals surface area contributed by atoms with Gasteiger partial charge in [-0.25, -0.2) is 0 Å². The molecule has 0 saturated carbocycles. The van der Waals surface area contributed by atoms with E-state index in [1.807, 2.05) is 4.68 Å². The van der Waals surface area contributed by atoms with E-state index in [4.69, 9.17) is 4.74 Å². The number of aliphatic hydroxyl groups is 1. The van der Waals surface area contributed by atoms with Crippen LogP contribution in [0.2, 0.25) is 0 Å². The molecule has 2 atom stereocenters. The van der Waals surface area contributed by atoms with Crippen molar-refractivity contribution in [2.24, 2.45) is 0 Å². The van der Waals surface area contributed by atoms with Crippen molar-refractivity contribution in [2.45, 2.75) is 77.5 Å². The molecule has 0 bridgehead atoms. The lowest BCUT2D eigenvalue weighted by Gasteiger charge is -2.43. The van der Waals surface area contributed by atoms with Crippen LogP contribution in [-0.2, 0) is 24.1 Å². The van der Waals surface area contributed by atoms with E-state index in [1.165, 1.54) is 0 Å². The Morgan fingerprint density at radius 3 is 2.75 bits per heavy atom. The van der Waals surface area contributed by atoms with Gasteiger partial charge in [0.2, 0.25) is 0 Å². The molecular weight excluding hydrogens is 252 g/mol. The van der Waals surface area contributed by atoms with Crippen LogP contribution in [0, 0.1) is 0 Å². The maximum absolute atomic E-state index is 11.0. The lowest BCUT2D eigenvalue weighted by atomic mass is 9.79. The molecule has 1 aromatic rings. The number of rotatable bonds is 5. The van der Waals surface area contributed by atoms with E-state index in [0.717, 1.165) is 30.8 Å². The summed E-state index contributed by atoms with van der Waals surface area (Å²) in [6.07, 6.45) is 3.95. The average molecular weight is 280 g/mol. The fraction of sp³-hybridized carbons (Fsp3) is 0.812. The molecule has 0 radical (unpaired) electrons. The summed E-state index contributed by atoms with van der Waals surface area (Å²) in [5.41, 5.74) is 1.39. The van der Waals surface area contributed by atoms with Crippen LogP contribution >= 0.6 is 0 Å². The third kappa shape index (κ3) is 3.23. The molecule has 0 amide bonds. The second kappa shape index (κ2) is 5.86. The number of ether oxygens (including phenoxy) is 1. The summed E-state index contributed by atoms with van der Waals surface area (Å²) in [7, 11) is 0. The quantitative estimate of drug-likeness (QED) is 0.902. The summed E-state index contributed by atoms with van der Waals surface area (Å²) in [5.74, 6) is 0. The van der Waals surface area contributed by atoms with E-state index in [2.05, 4.69) is 38.9 Å². The van der Waals surface area contributed by atoms with Crippen molar-refractivity contribution in [1.29, 1.82) is 0 Å². The fourth-order valence-electron chi connectivity index (χ4n) is 3.14. The predicted octanol–water partition coefficient (Wildman–Crippen LogP) is 2.72. The average Bonchev–Trinajstić information content (AvgIpc) is 2.80. The summed E-state index contributed by atoms with van der Waals surface area (Å²) in [6, 6.07) is 2.14. The Balaban J connectivity index is 2.17. The molecule has 1 aliphatic rings. The van der Waals surface area contributed by atoms with Gasteiger partial charge in [-0.2, -0.15) is 5.10 Å². The van der Waals surface area contributed by atoms with Crippen molar-refractivity contribution in [3.63, 3.8) is 0 Å². The van der Waals surface area contributed by atoms with Crippen molar-refractivity contribution < 1.29 is 9.84 Å². The smallest absolute Gasteiger partial charge is 0.0752 e. The first-order valence-electron chi connectivity index (χ1n) is 7.85. The van der Waals surface area contributed by atoms with Crippen molar-refractivity contribution >= 4 is 0 Å². The molecule has 4 nitrogen and oxygen atoms in total. The fourth-order valence-corrected chi connectivity index (χ4v) is 3.14. The van der Waals surface area contributed by atoms with Crippen molar-refractivity contribution in [3.8, 4) is 0 Å². The Morgan fingerprint density at radius 1 is 1.40 bits per heavy atom. The third-order valence-electron chi connectivity index (χ3n) is 4.55. The highest BCUT2D eigenvalue weighted by Crippen LogP contribution is 2.36. The number of aryl methyl sites for hydroxylation is 2. The summed E-state index contributed by atoms with van der Waals surface area (Å²) in [6.45, 7) is 9.93. The number of hydrogen-bond donors (Lipinski definition) is 1. The highest BCUT2D eigenvalue weighted by atomic mass is 16.5. The molecule has 2 unspecified atom stereocenters. The van der Waals surface area contributed by atoms with Crippen LogP contribution in [-0.4, -0.2) is 32.7 Å². The summed E-state index contributed by atoms with van der Waals surface area (Å²) in [4.78, 5) is 0. The van der Waals surface area contributed by atoms with Crippen LogP contribution in [0.15, 0.2) is 6.07 Å². The van der Waals surface area contributed by atoms with Crippen LogP contribution in [0.25, 0.3) is 0 Å². The largest absolute Gasteiger partial charge is 0.389 e. The van der Waals surface area contributed by atoms with Gasteiger partial charge in [-0.3, -0.25) is 4.68 Å². The lowest BCUT2D eigenvalue weighted by Crippen LogP contribution is -2.48. The Morgan fingerprint density at radius 2 is 2.15 bits per heavy atom. The van der Waals surface area contributed by atoms with Gasteiger partial charge in [-0.15, -0.1) is 0 Å². The topological polar surface area (TPSA) is 47.3 Å². The van der Waals surface area contributed by atoms with E-state index in [1.54, 1.807) is 0 Å².